The molecule has 2 atom stereocenters. The highest BCUT2D eigenvalue weighted by Gasteiger charge is 2.53. The minimum atomic E-state index is -0.184. The van der Waals surface area contributed by atoms with Crippen molar-refractivity contribution in [3.63, 3.8) is 0 Å². The molecule has 0 aromatic heterocycles. The molecule has 0 aromatic rings. The molecule has 3 heterocycles. The lowest BCUT2D eigenvalue weighted by molar-refractivity contribution is -0.152. The third-order valence-electron chi connectivity index (χ3n) is 8.23. The van der Waals surface area contributed by atoms with E-state index in [2.05, 4.69) is 15.1 Å². The van der Waals surface area contributed by atoms with Gasteiger partial charge in [-0.1, -0.05) is 0 Å². The fourth-order valence-electron chi connectivity index (χ4n) is 7.71. The second kappa shape index (κ2) is 6.45. The van der Waals surface area contributed by atoms with Gasteiger partial charge in [0.05, 0.1) is 6.54 Å². The molecular formula is C23H37N3O2. The molecule has 7 rings (SSSR count). The smallest absolute Gasteiger partial charge is 0.234 e. The zero-order chi connectivity index (χ0) is 19.7. The van der Waals surface area contributed by atoms with Gasteiger partial charge in [-0.25, -0.2) is 0 Å². The summed E-state index contributed by atoms with van der Waals surface area (Å²) in [6.45, 7) is 8.19. The lowest BCUT2D eigenvalue weighted by atomic mass is 9.49. The highest BCUT2D eigenvalue weighted by molar-refractivity contribution is 5.79. The average molecular weight is 388 g/mol. The Hall–Kier alpha value is -1.10. The Balaban J connectivity index is 1.16. The molecule has 3 saturated heterocycles. The van der Waals surface area contributed by atoms with E-state index in [1.54, 1.807) is 0 Å². The summed E-state index contributed by atoms with van der Waals surface area (Å²) in [6, 6.07) is 0.759. The summed E-state index contributed by atoms with van der Waals surface area (Å²) in [6.07, 6.45) is 10.2. The molecule has 5 nitrogen and oxygen atoms in total. The Labute approximate surface area is 169 Å². The van der Waals surface area contributed by atoms with Crippen molar-refractivity contribution in [3.8, 4) is 0 Å². The minimum Gasteiger partial charge on any atom is -0.350 e. The van der Waals surface area contributed by atoms with Crippen LogP contribution in [0.2, 0.25) is 0 Å². The summed E-state index contributed by atoms with van der Waals surface area (Å²) in [5, 5.41) is 3.07. The Bertz CT molecular complexity index is 620. The average Bonchev–Trinajstić information content (AvgIpc) is 2.56. The number of hydrogen-bond donors (Lipinski definition) is 1. The van der Waals surface area contributed by atoms with E-state index in [4.69, 9.17) is 0 Å². The summed E-state index contributed by atoms with van der Waals surface area (Å²) < 4.78 is 0. The van der Waals surface area contributed by atoms with E-state index >= 15 is 0 Å². The van der Waals surface area contributed by atoms with Gasteiger partial charge in [-0.15, -0.1) is 0 Å². The molecule has 1 N–H and O–H groups in total. The predicted molar refractivity (Wildman–Crippen MR) is 109 cm³/mol. The number of hydrogen-bond acceptors (Lipinski definition) is 3. The van der Waals surface area contributed by atoms with E-state index in [1.807, 2.05) is 20.8 Å². The molecule has 156 valence electrons. The maximum Gasteiger partial charge on any atom is 0.234 e. The van der Waals surface area contributed by atoms with Gasteiger partial charge in [-0.2, -0.15) is 0 Å². The summed E-state index contributed by atoms with van der Waals surface area (Å²) >= 11 is 0. The number of rotatable bonds is 4. The molecule has 0 spiro atoms. The van der Waals surface area contributed by atoms with Gasteiger partial charge in [-0.05, 0) is 88.9 Å². The predicted octanol–water partition coefficient (Wildman–Crippen LogP) is 2.79. The van der Waals surface area contributed by atoms with E-state index < -0.39 is 0 Å². The van der Waals surface area contributed by atoms with Crippen LogP contribution < -0.4 is 5.32 Å². The van der Waals surface area contributed by atoms with Crippen LogP contribution in [0.25, 0.3) is 0 Å². The molecule has 6 bridgehead atoms. The van der Waals surface area contributed by atoms with Gasteiger partial charge < -0.3 is 10.2 Å². The Morgan fingerprint density at radius 3 is 1.96 bits per heavy atom. The quantitative estimate of drug-likeness (QED) is 0.807. The first kappa shape index (κ1) is 18.9. The zero-order valence-electron chi connectivity index (χ0n) is 17.9. The Kier molecular flexibility index (Phi) is 4.35. The number of carbonyl (C=O) groups is 2. The fourth-order valence-corrected chi connectivity index (χ4v) is 7.71. The van der Waals surface area contributed by atoms with Crippen LogP contribution in [0.4, 0.5) is 0 Å². The zero-order valence-corrected chi connectivity index (χ0v) is 17.9. The van der Waals surface area contributed by atoms with Crippen molar-refractivity contribution >= 4 is 11.8 Å². The first-order chi connectivity index (χ1) is 13.2. The molecule has 7 fully saturated rings. The molecule has 0 aromatic carbocycles. The lowest BCUT2D eigenvalue weighted by Gasteiger charge is -2.58. The van der Waals surface area contributed by atoms with Gasteiger partial charge in [0.2, 0.25) is 11.8 Å². The number of piperidine rings is 1. The van der Waals surface area contributed by atoms with Crippen molar-refractivity contribution in [3.05, 3.63) is 0 Å². The lowest BCUT2D eigenvalue weighted by Crippen LogP contribution is -2.71. The molecule has 2 unspecified atom stereocenters. The van der Waals surface area contributed by atoms with Gasteiger partial charge in [0.15, 0.2) is 0 Å². The van der Waals surface area contributed by atoms with Crippen molar-refractivity contribution in [2.24, 2.45) is 23.2 Å². The topological polar surface area (TPSA) is 52.7 Å². The largest absolute Gasteiger partial charge is 0.350 e. The third kappa shape index (κ3) is 3.48. The minimum absolute atomic E-state index is 0.107. The fraction of sp³-hybridized carbons (Fsp3) is 0.913. The number of nitrogens with one attached hydrogen (secondary N) is 1. The monoisotopic (exact) mass is 387 g/mol. The summed E-state index contributed by atoms with van der Waals surface area (Å²) in [5.41, 5.74) is 0.149. The number of piperazine rings is 1. The highest BCUT2D eigenvalue weighted by atomic mass is 16.2. The molecule has 4 aliphatic carbocycles. The van der Waals surface area contributed by atoms with Gasteiger partial charge in [0.25, 0.3) is 0 Å². The van der Waals surface area contributed by atoms with Crippen LogP contribution in [0.3, 0.4) is 0 Å². The molecule has 28 heavy (non-hydrogen) atoms. The maximum absolute atomic E-state index is 13.2. The first-order valence-corrected chi connectivity index (χ1v) is 11.5. The van der Waals surface area contributed by atoms with E-state index in [1.165, 1.54) is 38.5 Å². The molecule has 0 radical (unpaired) electrons. The second-order valence-corrected chi connectivity index (χ2v) is 11.9. The maximum atomic E-state index is 13.2. The molecular weight excluding hydrogens is 350 g/mol. The Morgan fingerprint density at radius 1 is 0.929 bits per heavy atom. The van der Waals surface area contributed by atoms with Crippen LogP contribution in [0.5, 0.6) is 0 Å². The normalized spacial score (nSPS) is 41.7. The molecule has 3 aliphatic heterocycles. The molecule has 5 heteroatoms. The van der Waals surface area contributed by atoms with Gasteiger partial charge in [-0.3, -0.25) is 14.5 Å². The molecule has 2 amide bonds. The first-order valence-electron chi connectivity index (χ1n) is 11.5. The van der Waals surface area contributed by atoms with Crippen molar-refractivity contribution in [1.29, 1.82) is 0 Å². The van der Waals surface area contributed by atoms with Crippen LogP contribution in [-0.2, 0) is 9.59 Å². The van der Waals surface area contributed by atoms with E-state index in [-0.39, 0.29) is 11.4 Å². The van der Waals surface area contributed by atoms with Crippen molar-refractivity contribution in [2.45, 2.75) is 89.8 Å². The van der Waals surface area contributed by atoms with Gasteiger partial charge in [0.1, 0.15) is 0 Å². The van der Waals surface area contributed by atoms with Crippen molar-refractivity contribution < 1.29 is 9.59 Å². The van der Waals surface area contributed by atoms with Crippen LogP contribution in [0, 0.1) is 23.2 Å². The van der Waals surface area contributed by atoms with Gasteiger partial charge >= 0.3 is 0 Å². The van der Waals surface area contributed by atoms with Crippen LogP contribution in [0.1, 0.15) is 72.1 Å². The van der Waals surface area contributed by atoms with Crippen LogP contribution in [0.15, 0.2) is 0 Å². The van der Waals surface area contributed by atoms with Crippen LogP contribution in [-0.4, -0.2) is 58.9 Å². The number of fused-ring (bicyclic) bond motifs is 2. The van der Waals surface area contributed by atoms with E-state index in [9.17, 15) is 9.59 Å². The second-order valence-electron chi connectivity index (χ2n) is 11.9. The molecule has 7 aliphatic rings. The van der Waals surface area contributed by atoms with Crippen molar-refractivity contribution in [1.82, 2.24) is 15.1 Å². The third-order valence-corrected chi connectivity index (χ3v) is 8.23. The standard InChI is InChI=1S/C23H37N3O2/c1-22(2,3)24-20(27)14-26-18-7-19(26)13-25(12-18)21(28)11-23-8-15-4-16(9-23)6-17(5-15)10-23/h15-19H,4-14H2,1-3H3,(H,24,27). The highest BCUT2D eigenvalue weighted by Crippen LogP contribution is 2.61. The summed E-state index contributed by atoms with van der Waals surface area (Å²) in [4.78, 5) is 29.9. The van der Waals surface area contributed by atoms with E-state index in [0.29, 0.717) is 30.0 Å². The Morgan fingerprint density at radius 2 is 1.46 bits per heavy atom. The van der Waals surface area contributed by atoms with Gasteiger partial charge in [0, 0.05) is 37.1 Å². The molecule has 4 saturated carbocycles. The van der Waals surface area contributed by atoms with E-state index in [0.717, 1.165) is 43.7 Å². The SMILES string of the molecule is CC(C)(C)NC(=O)CN1C2CC1CN(C(=O)CC13CC4CC(CC(C4)C1)C3)C2. The van der Waals surface area contributed by atoms with Crippen LogP contribution >= 0.6 is 0 Å². The number of carbonyl (C=O) groups excluding carboxylic acids is 2. The number of amides is 2. The number of nitrogens with zero attached hydrogens (tertiary/aromatic N) is 2. The van der Waals surface area contributed by atoms with Crippen molar-refractivity contribution in [2.75, 3.05) is 19.6 Å². The summed E-state index contributed by atoms with van der Waals surface area (Å²) in [7, 11) is 0. The summed E-state index contributed by atoms with van der Waals surface area (Å²) in [5.74, 6) is 3.23.